The van der Waals surface area contributed by atoms with Crippen LogP contribution in [-0.4, -0.2) is 31.5 Å². The van der Waals surface area contributed by atoms with Crippen LogP contribution in [0.25, 0.3) is 5.69 Å². The van der Waals surface area contributed by atoms with Crippen LogP contribution in [0, 0.1) is 0 Å². The molecular weight excluding hydrogens is 288 g/mol. The maximum atomic E-state index is 5.52. The summed E-state index contributed by atoms with van der Waals surface area (Å²) in [5.41, 5.74) is 0.921. The Kier molecular flexibility index (Phi) is 4.17. The van der Waals surface area contributed by atoms with Gasteiger partial charge in [0.2, 0.25) is 0 Å². The molecule has 8 heteroatoms. The molecule has 0 atom stereocenters. The average Bonchev–Trinajstić information content (AvgIpc) is 3.16. The minimum atomic E-state index is 0.255. The largest absolute Gasteiger partial charge is 0.393 e. The van der Waals surface area contributed by atoms with Gasteiger partial charge in [-0.1, -0.05) is 41.6 Å². The molecule has 0 radical (unpaired) electrons. The van der Waals surface area contributed by atoms with E-state index in [0.29, 0.717) is 11.7 Å². The first-order chi connectivity index (χ1) is 10.3. The second kappa shape index (κ2) is 6.42. The zero-order valence-corrected chi connectivity index (χ0v) is 12.2. The first-order valence-corrected chi connectivity index (χ1v) is 7.35. The quantitative estimate of drug-likeness (QED) is 0.750. The van der Waals surface area contributed by atoms with Crippen LogP contribution in [0.15, 0.2) is 36.7 Å². The summed E-state index contributed by atoms with van der Waals surface area (Å²) in [5, 5.41) is 16.7. The van der Waals surface area contributed by atoms with Crippen LogP contribution in [0.2, 0.25) is 0 Å². The summed E-state index contributed by atoms with van der Waals surface area (Å²) in [5.74, 6) is 0. The summed E-state index contributed by atoms with van der Waals surface area (Å²) in [6.07, 6.45) is 1.60. The fourth-order valence-corrected chi connectivity index (χ4v) is 2.32. The molecule has 0 amide bonds. The zero-order valence-electron chi connectivity index (χ0n) is 11.4. The Morgan fingerprint density at radius 1 is 1.24 bits per heavy atom. The Morgan fingerprint density at radius 2 is 2.10 bits per heavy atom. The van der Waals surface area contributed by atoms with Crippen LogP contribution in [0.4, 0.5) is 0 Å². The summed E-state index contributed by atoms with van der Waals surface area (Å²) in [6, 6.07) is 9.97. The van der Waals surface area contributed by atoms with Crippen LogP contribution in [-0.2, 0) is 6.54 Å². The minimum Gasteiger partial charge on any atom is -0.393 e. The topological polar surface area (TPSA) is 77.8 Å². The van der Waals surface area contributed by atoms with Crippen LogP contribution in [0.5, 0.6) is 11.2 Å². The van der Waals surface area contributed by atoms with Gasteiger partial charge in [-0.2, -0.15) is 4.98 Å². The van der Waals surface area contributed by atoms with E-state index in [-0.39, 0.29) is 6.01 Å². The van der Waals surface area contributed by atoms with Gasteiger partial charge in [-0.25, -0.2) is 4.68 Å². The first-order valence-electron chi connectivity index (χ1n) is 6.53. The lowest BCUT2D eigenvalue weighted by molar-refractivity contribution is 0.434. The third-order valence-electron chi connectivity index (χ3n) is 2.64. The molecule has 0 unspecified atom stereocenters. The molecule has 0 bridgehead atoms. The number of benzene rings is 1. The number of hydrogen-bond acceptors (Lipinski definition) is 7. The van der Waals surface area contributed by atoms with E-state index >= 15 is 0 Å². The minimum absolute atomic E-state index is 0.255. The maximum Gasteiger partial charge on any atom is 0.343 e. The fraction of sp³-hybridized carbons (Fsp3) is 0.231. The van der Waals surface area contributed by atoms with Gasteiger partial charge in [0.25, 0.3) is 0 Å². The lowest BCUT2D eigenvalue weighted by Gasteiger charge is -1.97. The van der Waals surface area contributed by atoms with Crippen molar-refractivity contribution >= 4 is 11.3 Å². The van der Waals surface area contributed by atoms with Gasteiger partial charge in [0.15, 0.2) is 0 Å². The summed E-state index contributed by atoms with van der Waals surface area (Å²) in [6.45, 7) is 3.61. The molecule has 0 saturated carbocycles. The third kappa shape index (κ3) is 3.41. The Hall–Kier alpha value is -2.32. The van der Waals surface area contributed by atoms with E-state index in [2.05, 4.69) is 25.6 Å². The van der Waals surface area contributed by atoms with Crippen LogP contribution in [0.3, 0.4) is 0 Å². The molecule has 1 N–H and O–H groups in total. The van der Waals surface area contributed by atoms with Crippen molar-refractivity contribution in [1.82, 2.24) is 30.3 Å². The van der Waals surface area contributed by atoms with E-state index in [4.69, 9.17) is 4.74 Å². The van der Waals surface area contributed by atoms with Crippen molar-refractivity contribution in [3.63, 3.8) is 0 Å². The number of para-hydroxylation sites is 1. The van der Waals surface area contributed by atoms with Crippen molar-refractivity contribution in [3.05, 3.63) is 41.7 Å². The predicted octanol–water partition coefficient (Wildman–Crippen LogP) is 2.02. The Bertz CT molecular complexity index is 696. The monoisotopic (exact) mass is 302 g/mol. The lowest BCUT2D eigenvalue weighted by Crippen LogP contribution is -2.11. The molecule has 2 aromatic heterocycles. The third-order valence-corrected chi connectivity index (χ3v) is 3.45. The highest BCUT2D eigenvalue weighted by atomic mass is 32.1. The van der Waals surface area contributed by atoms with Crippen molar-refractivity contribution in [3.8, 4) is 16.9 Å². The van der Waals surface area contributed by atoms with Gasteiger partial charge < -0.3 is 10.1 Å². The summed E-state index contributed by atoms with van der Waals surface area (Å²) < 4.78 is 7.16. The van der Waals surface area contributed by atoms with Crippen molar-refractivity contribution in [2.75, 3.05) is 6.54 Å². The molecule has 3 aromatic rings. The van der Waals surface area contributed by atoms with Gasteiger partial charge >= 0.3 is 11.2 Å². The van der Waals surface area contributed by atoms with E-state index in [0.717, 1.165) is 17.2 Å². The number of aromatic nitrogens is 5. The number of rotatable bonds is 6. The second-order valence-corrected chi connectivity index (χ2v) is 5.18. The van der Waals surface area contributed by atoms with E-state index in [1.54, 1.807) is 11.0 Å². The van der Waals surface area contributed by atoms with Gasteiger partial charge in [-0.3, -0.25) is 0 Å². The summed E-state index contributed by atoms with van der Waals surface area (Å²) >= 11 is 1.38. The van der Waals surface area contributed by atoms with Crippen molar-refractivity contribution in [2.45, 2.75) is 13.5 Å². The second-order valence-electron chi connectivity index (χ2n) is 4.15. The number of ether oxygens (including phenoxy) is 1. The molecule has 21 heavy (non-hydrogen) atoms. The molecule has 0 aliphatic heterocycles. The van der Waals surface area contributed by atoms with Gasteiger partial charge in [0.1, 0.15) is 11.3 Å². The highest BCUT2D eigenvalue weighted by molar-refractivity contribution is 7.13. The molecule has 0 spiro atoms. The molecule has 108 valence electrons. The first kappa shape index (κ1) is 13.7. The standard InChI is InChI=1S/C13H14N6OS/c1-2-14-8-11-16-17-13(21-11)20-12-15-9-19(18-12)10-6-4-3-5-7-10/h3-7,9,14H,2,8H2,1H3. The predicted molar refractivity (Wildman–Crippen MR) is 78.7 cm³/mol. The summed E-state index contributed by atoms with van der Waals surface area (Å²) in [4.78, 5) is 4.11. The van der Waals surface area contributed by atoms with Gasteiger partial charge in [0.05, 0.1) is 5.69 Å². The van der Waals surface area contributed by atoms with Gasteiger partial charge in [-0.15, -0.1) is 10.2 Å². The SMILES string of the molecule is CCNCc1nnc(Oc2ncn(-c3ccccc3)n2)s1. The highest BCUT2D eigenvalue weighted by Crippen LogP contribution is 2.22. The van der Waals surface area contributed by atoms with Crippen LogP contribution >= 0.6 is 11.3 Å². The number of hydrogen-bond donors (Lipinski definition) is 1. The molecule has 0 aliphatic carbocycles. The average molecular weight is 302 g/mol. The van der Waals surface area contributed by atoms with Crippen molar-refractivity contribution in [1.29, 1.82) is 0 Å². The van der Waals surface area contributed by atoms with Gasteiger partial charge in [-0.05, 0) is 18.7 Å². The number of nitrogens with one attached hydrogen (secondary N) is 1. The Morgan fingerprint density at radius 3 is 2.90 bits per heavy atom. The number of nitrogens with zero attached hydrogens (tertiary/aromatic N) is 5. The van der Waals surface area contributed by atoms with Crippen LogP contribution < -0.4 is 10.1 Å². The Labute approximate surface area is 125 Å². The highest BCUT2D eigenvalue weighted by Gasteiger charge is 2.09. The van der Waals surface area contributed by atoms with Crippen molar-refractivity contribution < 1.29 is 4.74 Å². The van der Waals surface area contributed by atoms with Crippen molar-refractivity contribution in [2.24, 2.45) is 0 Å². The van der Waals surface area contributed by atoms with E-state index < -0.39 is 0 Å². The molecule has 7 nitrogen and oxygen atoms in total. The molecule has 1 aromatic carbocycles. The fourth-order valence-electron chi connectivity index (χ4n) is 1.66. The molecule has 3 rings (SSSR count). The molecular formula is C13H14N6OS. The summed E-state index contributed by atoms with van der Waals surface area (Å²) in [7, 11) is 0. The zero-order chi connectivity index (χ0) is 14.5. The molecule has 0 aliphatic rings. The molecule has 0 saturated heterocycles. The molecule has 0 fully saturated rings. The molecule has 2 heterocycles. The van der Waals surface area contributed by atoms with E-state index in [9.17, 15) is 0 Å². The van der Waals surface area contributed by atoms with E-state index in [1.807, 2.05) is 37.3 Å². The smallest absolute Gasteiger partial charge is 0.343 e. The Balaban J connectivity index is 1.68. The van der Waals surface area contributed by atoms with E-state index in [1.165, 1.54) is 11.3 Å². The normalized spacial score (nSPS) is 10.7. The van der Waals surface area contributed by atoms with Crippen LogP contribution in [0.1, 0.15) is 11.9 Å². The maximum absolute atomic E-state index is 5.52. The van der Waals surface area contributed by atoms with Gasteiger partial charge in [0, 0.05) is 6.54 Å². The lowest BCUT2D eigenvalue weighted by atomic mass is 10.3.